The van der Waals surface area contributed by atoms with Crippen molar-refractivity contribution in [1.29, 1.82) is 0 Å². The van der Waals surface area contributed by atoms with E-state index in [-0.39, 0.29) is 6.61 Å². The molecule has 0 unspecified atom stereocenters. The Bertz CT molecular complexity index is 629. The molecule has 1 saturated heterocycles. The molecule has 39 heavy (non-hydrogen) atoms. The second-order valence-corrected chi connectivity index (χ2v) is 11.3. The topological polar surface area (TPSA) is 195 Å². The highest BCUT2D eigenvalue weighted by Crippen LogP contribution is 2.30. The zero-order chi connectivity index (χ0) is 28.8. The van der Waals surface area contributed by atoms with E-state index in [4.69, 9.17) is 19.9 Å². The molecule has 1 aliphatic carbocycles. The van der Waals surface area contributed by atoms with E-state index in [2.05, 4.69) is 6.92 Å². The fraction of sp³-hybridized carbons (Fsp3) is 1.00. The van der Waals surface area contributed by atoms with E-state index in [1.165, 1.54) is 64.2 Å². The predicted octanol–water partition coefficient (Wildman–Crippen LogP) is 0.462. The molecule has 0 aromatic heterocycles. The molecule has 1 heterocycles. The predicted molar refractivity (Wildman–Crippen MR) is 145 cm³/mol. The first-order chi connectivity index (χ1) is 18.7. The van der Waals surface area contributed by atoms with Crippen LogP contribution in [0, 0.1) is 0 Å². The highest BCUT2D eigenvalue weighted by atomic mass is 16.7. The van der Waals surface area contributed by atoms with Crippen molar-refractivity contribution in [3.63, 3.8) is 0 Å². The highest BCUT2D eigenvalue weighted by molar-refractivity contribution is 5.01. The van der Waals surface area contributed by atoms with Gasteiger partial charge in [-0.3, -0.25) is 0 Å². The molecule has 2 fully saturated rings. The molecule has 2 aliphatic rings. The highest BCUT2D eigenvalue weighted by Gasteiger charge is 2.53. The molecule has 0 bridgehead atoms. The van der Waals surface area contributed by atoms with E-state index < -0.39 is 73.9 Å². The lowest BCUT2D eigenvalue weighted by Crippen LogP contribution is -2.68. The Morgan fingerprint density at radius 2 is 1.05 bits per heavy atom. The van der Waals surface area contributed by atoms with Gasteiger partial charge in [-0.1, -0.05) is 90.4 Å². The van der Waals surface area contributed by atoms with Crippen LogP contribution < -0.4 is 5.73 Å². The SMILES string of the molecule is CCCCCCCCCCCCCCCCO[C@@H]1[C@H](O)[C@H](O)[C@@H](O)[C@H](O)[C@H]1O[C@H]1O[C@H](CO)[C@@H](O)[C@H](O)[C@H]1N. The first kappa shape index (κ1) is 34.8. The van der Waals surface area contributed by atoms with Crippen LogP contribution in [0.2, 0.25) is 0 Å². The summed E-state index contributed by atoms with van der Waals surface area (Å²) >= 11 is 0. The quantitative estimate of drug-likeness (QED) is 0.101. The minimum Gasteiger partial charge on any atom is -0.394 e. The van der Waals surface area contributed by atoms with Crippen LogP contribution in [0.3, 0.4) is 0 Å². The average molecular weight is 566 g/mol. The fourth-order valence-electron chi connectivity index (χ4n) is 5.43. The van der Waals surface area contributed by atoms with Crippen LogP contribution >= 0.6 is 0 Å². The van der Waals surface area contributed by atoms with Gasteiger partial charge in [0.05, 0.1) is 12.6 Å². The third-order valence-corrected chi connectivity index (χ3v) is 8.07. The lowest BCUT2D eigenvalue weighted by atomic mass is 9.84. The van der Waals surface area contributed by atoms with E-state index in [1.807, 2.05) is 0 Å². The standard InChI is InChI=1S/C28H55NO10/c1-2-3-4-5-6-7-8-9-10-11-12-13-14-15-16-37-26-24(35)22(33)23(34)25(36)27(26)39-28-19(29)21(32)20(31)18(17-30)38-28/h18-28,30-36H,2-17,29H2,1H3/t18-,19-,20-,21-,22-,23-,24-,25+,26-,27-,28-/m1/s1. The van der Waals surface area contributed by atoms with Gasteiger partial charge in [-0.15, -0.1) is 0 Å². The summed E-state index contributed by atoms with van der Waals surface area (Å²) in [5.74, 6) is 0. The van der Waals surface area contributed by atoms with Crippen molar-refractivity contribution >= 4 is 0 Å². The van der Waals surface area contributed by atoms with Crippen molar-refractivity contribution in [2.75, 3.05) is 13.2 Å². The Morgan fingerprint density at radius 3 is 1.54 bits per heavy atom. The Labute approximate surface area is 233 Å². The number of nitrogens with two attached hydrogens (primary N) is 1. The molecule has 1 aliphatic heterocycles. The normalized spacial score (nSPS) is 37.3. The van der Waals surface area contributed by atoms with Crippen LogP contribution in [0.4, 0.5) is 0 Å². The number of aliphatic hydroxyl groups is 7. The van der Waals surface area contributed by atoms with Gasteiger partial charge in [0.25, 0.3) is 0 Å². The lowest BCUT2D eigenvalue weighted by Gasteiger charge is -2.47. The monoisotopic (exact) mass is 565 g/mol. The molecule has 232 valence electrons. The minimum absolute atomic E-state index is 0.243. The number of ether oxygens (including phenoxy) is 3. The zero-order valence-electron chi connectivity index (χ0n) is 23.6. The van der Waals surface area contributed by atoms with Crippen LogP contribution in [0.5, 0.6) is 0 Å². The van der Waals surface area contributed by atoms with Crippen LogP contribution in [0.25, 0.3) is 0 Å². The number of hydrogen-bond acceptors (Lipinski definition) is 11. The fourth-order valence-corrected chi connectivity index (χ4v) is 5.43. The Kier molecular flexibility index (Phi) is 16.8. The van der Waals surface area contributed by atoms with Crippen LogP contribution in [0.15, 0.2) is 0 Å². The smallest absolute Gasteiger partial charge is 0.176 e. The first-order valence-electron chi connectivity index (χ1n) is 15.1. The second kappa shape index (κ2) is 18.9. The van der Waals surface area contributed by atoms with Crippen molar-refractivity contribution < 1.29 is 50.0 Å². The van der Waals surface area contributed by atoms with Crippen LogP contribution in [-0.2, 0) is 14.2 Å². The maximum atomic E-state index is 10.6. The molecule has 11 nitrogen and oxygen atoms in total. The summed E-state index contributed by atoms with van der Waals surface area (Å²) in [6.45, 7) is 1.87. The van der Waals surface area contributed by atoms with Crippen molar-refractivity contribution in [3.8, 4) is 0 Å². The van der Waals surface area contributed by atoms with Gasteiger partial charge in [0.1, 0.15) is 54.9 Å². The van der Waals surface area contributed by atoms with E-state index >= 15 is 0 Å². The van der Waals surface area contributed by atoms with Crippen molar-refractivity contribution in [3.05, 3.63) is 0 Å². The van der Waals surface area contributed by atoms with Gasteiger partial charge in [-0.05, 0) is 6.42 Å². The maximum absolute atomic E-state index is 10.6. The molecule has 0 radical (unpaired) electrons. The molecule has 0 spiro atoms. The summed E-state index contributed by atoms with van der Waals surface area (Å²) in [7, 11) is 0. The van der Waals surface area contributed by atoms with Gasteiger partial charge in [0.2, 0.25) is 0 Å². The Morgan fingerprint density at radius 1 is 0.590 bits per heavy atom. The summed E-state index contributed by atoms with van der Waals surface area (Å²) in [5.41, 5.74) is 5.93. The molecular weight excluding hydrogens is 510 g/mol. The molecule has 11 atom stereocenters. The average Bonchev–Trinajstić information content (AvgIpc) is 2.93. The van der Waals surface area contributed by atoms with E-state index in [1.54, 1.807) is 0 Å². The largest absolute Gasteiger partial charge is 0.394 e. The van der Waals surface area contributed by atoms with Crippen LogP contribution in [0.1, 0.15) is 96.8 Å². The molecule has 11 heteroatoms. The minimum atomic E-state index is -1.71. The van der Waals surface area contributed by atoms with E-state index in [0.717, 1.165) is 19.3 Å². The molecule has 0 amide bonds. The number of rotatable bonds is 19. The first-order valence-corrected chi connectivity index (χ1v) is 15.1. The summed E-state index contributed by atoms with van der Waals surface area (Å²) in [6.07, 6.45) is 2.39. The van der Waals surface area contributed by atoms with E-state index in [9.17, 15) is 35.7 Å². The van der Waals surface area contributed by atoms with Crippen LogP contribution in [-0.4, -0.2) is 116 Å². The number of unbranched alkanes of at least 4 members (excludes halogenated alkanes) is 13. The molecule has 9 N–H and O–H groups in total. The molecular formula is C28H55NO10. The van der Waals surface area contributed by atoms with Crippen molar-refractivity contribution in [2.24, 2.45) is 5.73 Å². The van der Waals surface area contributed by atoms with Gasteiger partial charge in [0.15, 0.2) is 6.29 Å². The molecule has 1 saturated carbocycles. The van der Waals surface area contributed by atoms with Gasteiger partial charge >= 0.3 is 0 Å². The van der Waals surface area contributed by atoms with E-state index in [0.29, 0.717) is 6.42 Å². The second-order valence-electron chi connectivity index (χ2n) is 11.3. The van der Waals surface area contributed by atoms with Crippen molar-refractivity contribution in [2.45, 2.75) is 164 Å². The molecule has 0 aromatic carbocycles. The van der Waals surface area contributed by atoms with Gasteiger partial charge in [0, 0.05) is 6.61 Å². The number of hydrogen-bond donors (Lipinski definition) is 8. The summed E-state index contributed by atoms with van der Waals surface area (Å²) in [4.78, 5) is 0. The molecule has 0 aromatic rings. The third-order valence-electron chi connectivity index (χ3n) is 8.07. The van der Waals surface area contributed by atoms with Gasteiger partial charge in [-0.25, -0.2) is 0 Å². The Balaban J connectivity index is 1.72. The number of aliphatic hydroxyl groups excluding tert-OH is 7. The van der Waals surface area contributed by atoms with Crippen molar-refractivity contribution in [1.82, 2.24) is 0 Å². The zero-order valence-corrected chi connectivity index (χ0v) is 23.6. The molecule has 2 rings (SSSR count). The summed E-state index contributed by atoms with van der Waals surface area (Å²) in [5, 5.41) is 71.2. The lowest BCUT2D eigenvalue weighted by molar-refractivity contribution is -0.320. The Hall–Kier alpha value is -0.440. The third kappa shape index (κ3) is 10.7. The van der Waals surface area contributed by atoms with Gasteiger partial charge < -0.3 is 55.7 Å². The van der Waals surface area contributed by atoms with Gasteiger partial charge in [-0.2, -0.15) is 0 Å². The summed E-state index contributed by atoms with van der Waals surface area (Å²) in [6, 6.07) is -1.23. The summed E-state index contributed by atoms with van der Waals surface area (Å²) < 4.78 is 17.0. The maximum Gasteiger partial charge on any atom is 0.176 e.